The van der Waals surface area contributed by atoms with Gasteiger partial charge in [-0.1, -0.05) is 31.9 Å². The summed E-state index contributed by atoms with van der Waals surface area (Å²) < 4.78 is 7.67. The number of hydrogen-bond donors (Lipinski definition) is 1. The summed E-state index contributed by atoms with van der Waals surface area (Å²) in [6.45, 7) is 5.86. The van der Waals surface area contributed by atoms with Crippen LogP contribution >= 0.6 is 31.9 Å². The van der Waals surface area contributed by atoms with Crippen LogP contribution in [0.1, 0.15) is 16.7 Å². The molecule has 0 aromatic heterocycles. The van der Waals surface area contributed by atoms with E-state index in [1.165, 1.54) is 0 Å². The first-order valence-electron chi connectivity index (χ1n) is 6.82. The number of aryl methyl sites for hydroxylation is 3. The third-order valence-electron chi connectivity index (χ3n) is 3.24. The second kappa shape index (κ2) is 7.29. The van der Waals surface area contributed by atoms with Crippen LogP contribution in [0, 0.1) is 20.8 Å². The van der Waals surface area contributed by atoms with Crippen LogP contribution in [0.3, 0.4) is 0 Å². The van der Waals surface area contributed by atoms with Gasteiger partial charge in [0.25, 0.3) is 5.91 Å². The van der Waals surface area contributed by atoms with Crippen LogP contribution in [0.2, 0.25) is 0 Å². The van der Waals surface area contributed by atoms with Gasteiger partial charge in [0.1, 0.15) is 5.75 Å². The Hall–Kier alpha value is -1.33. The summed E-state index contributed by atoms with van der Waals surface area (Å²) in [5, 5.41) is 2.86. The van der Waals surface area contributed by atoms with Gasteiger partial charge in [0, 0.05) is 14.6 Å². The SMILES string of the molecule is Cc1cc(Br)ccc1NC(=O)COc1c(C)cc(Br)cc1C. The van der Waals surface area contributed by atoms with Gasteiger partial charge in [0.2, 0.25) is 0 Å². The quantitative estimate of drug-likeness (QED) is 0.733. The summed E-state index contributed by atoms with van der Waals surface area (Å²) >= 11 is 6.85. The third-order valence-corrected chi connectivity index (χ3v) is 4.19. The molecule has 0 heterocycles. The van der Waals surface area contributed by atoms with Crippen molar-refractivity contribution in [2.75, 3.05) is 11.9 Å². The highest BCUT2D eigenvalue weighted by Crippen LogP contribution is 2.27. The van der Waals surface area contributed by atoms with Crippen LogP contribution < -0.4 is 10.1 Å². The molecule has 116 valence electrons. The zero-order valence-corrected chi connectivity index (χ0v) is 15.8. The molecule has 0 fully saturated rings. The molecule has 0 aliphatic carbocycles. The monoisotopic (exact) mass is 425 g/mol. The van der Waals surface area contributed by atoms with Gasteiger partial charge in [-0.2, -0.15) is 0 Å². The van der Waals surface area contributed by atoms with Crippen LogP contribution in [-0.4, -0.2) is 12.5 Å². The molecule has 5 heteroatoms. The van der Waals surface area contributed by atoms with Crippen LogP contribution in [0.25, 0.3) is 0 Å². The van der Waals surface area contributed by atoms with Gasteiger partial charge in [-0.05, 0) is 67.8 Å². The molecule has 0 saturated carbocycles. The van der Waals surface area contributed by atoms with E-state index in [0.29, 0.717) is 0 Å². The van der Waals surface area contributed by atoms with Crippen LogP contribution in [0.4, 0.5) is 5.69 Å². The molecule has 2 aromatic rings. The van der Waals surface area contributed by atoms with Gasteiger partial charge < -0.3 is 10.1 Å². The predicted molar refractivity (Wildman–Crippen MR) is 96.6 cm³/mol. The minimum Gasteiger partial charge on any atom is -0.483 e. The average Bonchev–Trinajstić information content (AvgIpc) is 2.40. The van der Waals surface area contributed by atoms with E-state index in [9.17, 15) is 4.79 Å². The zero-order valence-electron chi connectivity index (χ0n) is 12.7. The smallest absolute Gasteiger partial charge is 0.262 e. The highest BCUT2D eigenvalue weighted by Gasteiger charge is 2.10. The lowest BCUT2D eigenvalue weighted by Gasteiger charge is -2.13. The minimum absolute atomic E-state index is 0.0151. The molecule has 0 bridgehead atoms. The number of rotatable bonds is 4. The van der Waals surface area contributed by atoms with E-state index in [-0.39, 0.29) is 12.5 Å². The topological polar surface area (TPSA) is 38.3 Å². The Morgan fingerprint density at radius 2 is 1.59 bits per heavy atom. The summed E-state index contributed by atoms with van der Waals surface area (Å²) in [6.07, 6.45) is 0. The first-order valence-corrected chi connectivity index (χ1v) is 8.41. The van der Waals surface area contributed by atoms with E-state index in [4.69, 9.17) is 4.74 Å². The third kappa shape index (κ3) is 4.34. The second-order valence-electron chi connectivity index (χ2n) is 5.16. The lowest BCUT2D eigenvalue weighted by molar-refractivity contribution is -0.118. The van der Waals surface area contributed by atoms with Crippen LogP contribution in [0.15, 0.2) is 39.3 Å². The number of amides is 1. The summed E-state index contributed by atoms with van der Waals surface area (Å²) in [4.78, 5) is 12.1. The van der Waals surface area contributed by atoms with Crippen LogP contribution in [-0.2, 0) is 4.79 Å². The van der Waals surface area contributed by atoms with Gasteiger partial charge >= 0.3 is 0 Å². The number of carbonyl (C=O) groups excluding carboxylic acids is 1. The van der Waals surface area contributed by atoms with Crippen molar-refractivity contribution < 1.29 is 9.53 Å². The Kier molecular flexibility index (Phi) is 5.64. The Morgan fingerprint density at radius 3 is 2.18 bits per heavy atom. The molecule has 0 unspecified atom stereocenters. The van der Waals surface area contributed by atoms with E-state index >= 15 is 0 Å². The summed E-state index contributed by atoms with van der Waals surface area (Å²) in [5.41, 5.74) is 3.79. The first kappa shape index (κ1) is 17.0. The number of halogens is 2. The second-order valence-corrected chi connectivity index (χ2v) is 7.00. The molecule has 0 saturated heterocycles. The zero-order chi connectivity index (χ0) is 16.3. The van der Waals surface area contributed by atoms with Gasteiger partial charge in [-0.15, -0.1) is 0 Å². The predicted octanol–water partition coefficient (Wildman–Crippen LogP) is 5.15. The molecule has 0 atom stereocenters. The van der Waals surface area contributed by atoms with Crippen molar-refractivity contribution in [2.24, 2.45) is 0 Å². The molecule has 0 aliphatic rings. The molecule has 22 heavy (non-hydrogen) atoms. The maximum atomic E-state index is 12.1. The largest absolute Gasteiger partial charge is 0.483 e. The van der Waals surface area contributed by atoms with Crippen LogP contribution in [0.5, 0.6) is 5.75 Å². The highest BCUT2D eigenvalue weighted by molar-refractivity contribution is 9.10. The van der Waals surface area contributed by atoms with E-state index in [1.807, 2.05) is 51.1 Å². The molecule has 1 N–H and O–H groups in total. The molecule has 3 nitrogen and oxygen atoms in total. The minimum atomic E-state index is -0.174. The number of ether oxygens (including phenoxy) is 1. The standard InChI is InChI=1S/C17H17Br2NO2/c1-10-6-13(18)4-5-15(10)20-16(21)9-22-17-11(2)7-14(19)8-12(17)3/h4-8H,9H2,1-3H3,(H,20,21). The maximum Gasteiger partial charge on any atom is 0.262 e. The molecular formula is C17H17Br2NO2. The Labute approximate surface area is 147 Å². The number of hydrogen-bond acceptors (Lipinski definition) is 2. The Morgan fingerprint density at radius 1 is 1.00 bits per heavy atom. The lowest BCUT2D eigenvalue weighted by Crippen LogP contribution is -2.21. The van der Waals surface area contributed by atoms with Crippen molar-refractivity contribution in [1.82, 2.24) is 0 Å². The highest BCUT2D eigenvalue weighted by atomic mass is 79.9. The normalized spacial score (nSPS) is 10.4. The van der Waals surface area contributed by atoms with Gasteiger partial charge in [-0.3, -0.25) is 4.79 Å². The Balaban J connectivity index is 2.02. The first-order chi connectivity index (χ1) is 10.4. The number of anilines is 1. The molecule has 0 spiro atoms. The van der Waals surface area contributed by atoms with Crippen molar-refractivity contribution in [3.8, 4) is 5.75 Å². The van der Waals surface area contributed by atoms with Crippen molar-refractivity contribution in [3.63, 3.8) is 0 Å². The molecule has 0 aliphatic heterocycles. The van der Waals surface area contributed by atoms with Crippen molar-refractivity contribution in [1.29, 1.82) is 0 Å². The number of benzene rings is 2. The fourth-order valence-electron chi connectivity index (χ4n) is 2.22. The fourth-order valence-corrected chi connectivity index (χ4v) is 3.38. The van der Waals surface area contributed by atoms with Crippen molar-refractivity contribution >= 4 is 43.5 Å². The van der Waals surface area contributed by atoms with Crippen molar-refractivity contribution in [2.45, 2.75) is 20.8 Å². The molecular weight excluding hydrogens is 410 g/mol. The van der Waals surface area contributed by atoms with Crippen molar-refractivity contribution in [3.05, 3.63) is 56.0 Å². The number of nitrogens with one attached hydrogen (secondary N) is 1. The maximum absolute atomic E-state index is 12.1. The molecule has 1 amide bonds. The summed E-state index contributed by atoms with van der Waals surface area (Å²) in [7, 11) is 0. The summed E-state index contributed by atoms with van der Waals surface area (Å²) in [6, 6.07) is 9.66. The fraction of sp³-hybridized carbons (Fsp3) is 0.235. The van der Waals surface area contributed by atoms with E-state index in [2.05, 4.69) is 37.2 Å². The average molecular weight is 427 g/mol. The van der Waals surface area contributed by atoms with Gasteiger partial charge in [0.05, 0.1) is 0 Å². The van der Waals surface area contributed by atoms with E-state index in [0.717, 1.165) is 37.1 Å². The Bertz CT molecular complexity index is 691. The molecule has 0 radical (unpaired) electrons. The van der Waals surface area contributed by atoms with Gasteiger partial charge in [0.15, 0.2) is 6.61 Å². The summed E-state index contributed by atoms with van der Waals surface area (Å²) in [5.74, 6) is 0.581. The lowest BCUT2D eigenvalue weighted by atomic mass is 10.1. The van der Waals surface area contributed by atoms with E-state index in [1.54, 1.807) is 0 Å². The molecule has 2 rings (SSSR count). The van der Waals surface area contributed by atoms with E-state index < -0.39 is 0 Å². The number of carbonyl (C=O) groups is 1. The van der Waals surface area contributed by atoms with Gasteiger partial charge in [-0.25, -0.2) is 0 Å². The molecule has 2 aromatic carbocycles.